The minimum absolute atomic E-state index is 0.0567. The zero-order valence-corrected chi connectivity index (χ0v) is 9.01. The fourth-order valence-corrected chi connectivity index (χ4v) is 1.66. The molecule has 0 amide bonds. The first-order valence-electron chi connectivity index (χ1n) is 4.30. The van der Waals surface area contributed by atoms with Crippen molar-refractivity contribution in [3.63, 3.8) is 0 Å². The lowest BCUT2D eigenvalue weighted by Gasteiger charge is -2.08. The first-order chi connectivity index (χ1) is 5.95. The standard InChI is InChI=1S/C8H18O4S/c1-12-6-3-4-8(9)5-7-13(2,10)11/h8-9H,3-7H2,1-2H3. The molecule has 0 heterocycles. The number of hydrogen-bond acceptors (Lipinski definition) is 4. The molecule has 0 saturated carbocycles. The van der Waals surface area contributed by atoms with E-state index in [0.717, 1.165) is 6.42 Å². The average Bonchev–Trinajstić information content (AvgIpc) is 2.00. The summed E-state index contributed by atoms with van der Waals surface area (Å²) in [6.45, 7) is 0.607. The Labute approximate surface area is 79.8 Å². The Balaban J connectivity index is 3.46. The second-order valence-corrected chi connectivity index (χ2v) is 5.47. The van der Waals surface area contributed by atoms with Gasteiger partial charge in [0.2, 0.25) is 0 Å². The molecule has 0 aliphatic rings. The Morgan fingerprint density at radius 3 is 2.46 bits per heavy atom. The molecule has 0 aromatic rings. The predicted octanol–water partition coefficient (Wildman–Crippen LogP) is 0.209. The highest BCUT2D eigenvalue weighted by Gasteiger charge is 2.08. The Morgan fingerprint density at radius 1 is 1.38 bits per heavy atom. The summed E-state index contributed by atoms with van der Waals surface area (Å²) < 4.78 is 26.3. The Bertz CT molecular complexity index is 210. The van der Waals surface area contributed by atoms with E-state index in [2.05, 4.69) is 0 Å². The van der Waals surface area contributed by atoms with E-state index in [1.54, 1.807) is 7.11 Å². The van der Waals surface area contributed by atoms with Crippen molar-refractivity contribution in [2.75, 3.05) is 25.7 Å². The largest absolute Gasteiger partial charge is 0.393 e. The monoisotopic (exact) mass is 210 g/mol. The molecular formula is C8H18O4S. The van der Waals surface area contributed by atoms with Gasteiger partial charge in [0, 0.05) is 20.0 Å². The lowest BCUT2D eigenvalue weighted by molar-refractivity contribution is 0.133. The maximum absolute atomic E-state index is 10.7. The van der Waals surface area contributed by atoms with Crippen LogP contribution in [0, 0.1) is 0 Å². The molecule has 1 N–H and O–H groups in total. The van der Waals surface area contributed by atoms with E-state index in [-0.39, 0.29) is 5.75 Å². The van der Waals surface area contributed by atoms with Crippen LogP contribution in [0.4, 0.5) is 0 Å². The van der Waals surface area contributed by atoms with Crippen molar-refractivity contribution in [3.8, 4) is 0 Å². The predicted molar refractivity (Wildman–Crippen MR) is 51.4 cm³/mol. The molecule has 1 atom stereocenters. The minimum Gasteiger partial charge on any atom is -0.393 e. The fraction of sp³-hybridized carbons (Fsp3) is 1.00. The van der Waals surface area contributed by atoms with E-state index in [9.17, 15) is 13.5 Å². The van der Waals surface area contributed by atoms with Gasteiger partial charge in [0.25, 0.3) is 0 Å². The van der Waals surface area contributed by atoms with E-state index in [0.29, 0.717) is 19.4 Å². The first-order valence-corrected chi connectivity index (χ1v) is 6.36. The highest BCUT2D eigenvalue weighted by molar-refractivity contribution is 7.90. The molecule has 5 heteroatoms. The molecule has 0 bridgehead atoms. The van der Waals surface area contributed by atoms with Gasteiger partial charge < -0.3 is 9.84 Å². The van der Waals surface area contributed by atoms with Crippen LogP contribution in [-0.4, -0.2) is 45.4 Å². The van der Waals surface area contributed by atoms with E-state index in [4.69, 9.17) is 4.74 Å². The molecule has 13 heavy (non-hydrogen) atoms. The summed E-state index contributed by atoms with van der Waals surface area (Å²) in [7, 11) is -1.34. The molecule has 0 saturated heterocycles. The molecule has 1 unspecified atom stereocenters. The van der Waals surface area contributed by atoms with E-state index in [1.807, 2.05) is 0 Å². The van der Waals surface area contributed by atoms with Crippen LogP contribution in [0.1, 0.15) is 19.3 Å². The number of methoxy groups -OCH3 is 1. The number of rotatable bonds is 7. The average molecular weight is 210 g/mol. The molecule has 0 aromatic carbocycles. The van der Waals surface area contributed by atoms with Gasteiger partial charge >= 0.3 is 0 Å². The van der Waals surface area contributed by atoms with Crippen LogP contribution < -0.4 is 0 Å². The number of sulfone groups is 1. The molecule has 0 aromatic heterocycles. The minimum atomic E-state index is -2.94. The van der Waals surface area contributed by atoms with Crippen LogP contribution in [0.2, 0.25) is 0 Å². The SMILES string of the molecule is COCCCC(O)CCS(C)(=O)=O. The summed E-state index contributed by atoms with van der Waals surface area (Å²) in [6.07, 6.45) is 2.34. The van der Waals surface area contributed by atoms with Gasteiger partial charge in [-0.2, -0.15) is 0 Å². The van der Waals surface area contributed by atoms with Crippen LogP contribution in [0.25, 0.3) is 0 Å². The van der Waals surface area contributed by atoms with Crippen LogP contribution in [0.15, 0.2) is 0 Å². The summed E-state index contributed by atoms with van der Waals surface area (Å²) >= 11 is 0. The van der Waals surface area contributed by atoms with Gasteiger partial charge in [0.05, 0.1) is 11.9 Å². The zero-order valence-electron chi connectivity index (χ0n) is 8.19. The lowest BCUT2D eigenvalue weighted by Crippen LogP contribution is -2.14. The summed E-state index contributed by atoms with van der Waals surface area (Å²) in [5.74, 6) is 0.0567. The van der Waals surface area contributed by atoms with Crippen molar-refractivity contribution >= 4 is 9.84 Å². The first kappa shape index (κ1) is 12.9. The van der Waals surface area contributed by atoms with Gasteiger partial charge in [0.1, 0.15) is 9.84 Å². The highest BCUT2D eigenvalue weighted by atomic mass is 32.2. The molecule has 80 valence electrons. The second kappa shape index (κ2) is 6.34. The van der Waals surface area contributed by atoms with Crippen molar-refractivity contribution in [2.45, 2.75) is 25.4 Å². The lowest BCUT2D eigenvalue weighted by atomic mass is 10.1. The van der Waals surface area contributed by atoms with Crippen molar-refractivity contribution in [3.05, 3.63) is 0 Å². The Kier molecular flexibility index (Phi) is 6.28. The van der Waals surface area contributed by atoms with Crippen LogP contribution in [0.3, 0.4) is 0 Å². The van der Waals surface area contributed by atoms with Crippen LogP contribution in [-0.2, 0) is 14.6 Å². The summed E-state index contributed by atoms with van der Waals surface area (Å²) in [5.41, 5.74) is 0. The van der Waals surface area contributed by atoms with E-state index < -0.39 is 15.9 Å². The topological polar surface area (TPSA) is 63.6 Å². The van der Waals surface area contributed by atoms with Crippen molar-refractivity contribution < 1.29 is 18.3 Å². The summed E-state index contributed by atoms with van der Waals surface area (Å²) in [6, 6.07) is 0. The van der Waals surface area contributed by atoms with E-state index >= 15 is 0 Å². The van der Waals surface area contributed by atoms with Gasteiger partial charge in [-0.05, 0) is 19.3 Å². The van der Waals surface area contributed by atoms with Gasteiger partial charge in [-0.15, -0.1) is 0 Å². The third-order valence-electron chi connectivity index (χ3n) is 1.71. The second-order valence-electron chi connectivity index (χ2n) is 3.21. The van der Waals surface area contributed by atoms with Crippen LogP contribution in [0.5, 0.6) is 0 Å². The molecule has 0 radical (unpaired) electrons. The third-order valence-corrected chi connectivity index (χ3v) is 2.68. The maximum atomic E-state index is 10.7. The van der Waals surface area contributed by atoms with E-state index in [1.165, 1.54) is 6.26 Å². The van der Waals surface area contributed by atoms with Gasteiger partial charge in [0.15, 0.2) is 0 Å². The normalized spacial score (nSPS) is 14.4. The quantitative estimate of drug-likeness (QED) is 0.610. The Hall–Kier alpha value is -0.130. The highest BCUT2D eigenvalue weighted by Crippen LogP contribution is 2.03. The summed E-state index contributed by atoms with van der Waals surface area (Å²) in [4.78, 5) is 0. The third kappa shape index (κ3) is 9.79. The van der Waals surface area contributed by atoms with Gasteiger partial charge in [-0.3, -0.25) is 0 Å². The summed E-state index contributed by atoms with van der Waals surface area (Å²) in [5, 5.41) is 9.32. The van der Waals surface area contributed by atoms with Crippen molar-refractivity contribution in [1.82, 2.24) is 0 Å². The van der Waals surface area contributed by atoms with Crippen LogP contribution >= 0.6 is 0 Å². The molecule has 0 aliphatic carbocycles. The number of ether oxygens (including phenoxy) is 1. The number of hydrogen-bond donors (Lipinski definition) is 1. The van der Waals surface area contributed by atoms with Crippen molar-refractivity contribution in [1.29, 1.82) is 0 Å². The smallest absolute Gasteiger partial charge is 0.147 e. The molecule has 4 nitrogen and oxygen atoms in total. The molecule has 0 rings (SSSR count). The van der Waals surface area contributed by atoms with Gasteiger partial charge in [-0.1, -0.05) is 0 Å². The molecule has 0 spiro atoms. The van der Waals surface area contributed by atoms with Crippen molar-refractivity contribution in [2.24, 2.45) is 0 Å². The number of aliphatic hydroxyl groups excluding tert-OH is 1. The molecular weight excluding hydrogens is 192 g/mol. The fourth-order valence-electron chi connectivity index (χ4n) is 0.958. The number of aliphatic hydroxyl groups is 1. The van der Waals surface area contributed by atoms with Gasteiger partial charge in [-0.25, -0.2) is 8.42 Å². The molecule has 0 fully saturated rings. The zero-order chi connectivity index (χ0) is 10.3. The molecule has 0 aliphatic heterocycles. The Morgan fingerprint density at radius 2 is 2.00 bits per heavy atom. The maximum Gasteiger partial charge on any atom is 0.147 e.